The van der Waals surface area contributed by atoms with E-state index < -0.39 is 0 Å². The number of aromatic amines is 1. The van der Waals surface area contributed by atoms with Gasteiger partial charge in [-0.1, -0.05) is 31.5 Å². The zero-order valence-electron chi connectivity index (χ0n) is 10.6. The van der Waals surface area contributed by atoms with E-state index in [9.17, 15) is 4.79 Å². The minimum atomic E-state index is -0.0879. The van der Waals surface area contributed by atoms with Gasteiger partial charge in [0, 0.05) is 23.5 Å². The normalized spacial score (nSPS) is 12.6. The Bertz CT molecular complexity index is 500. The number of para-hydroxylation sites is 1. The van der Waals surface area contributed by atoms with Gasteiger partial charge < -0.3 is 16.0 Å². The van der Waals surface area contributed by atoms with Crippen molar-refractivity contribution in [1.82, 2.24) is 10.3 Å². The lowest BCUT2D eigenvalue weighted by atomic mass is 10.1. The molecule has 1 atom stereocenters. The molecule has 0 saturated heterocycles. The summed E-state index contributed by atoms with van der Waals surface area (Å²) in [4.78, 5) is 15.2. The number of nitrogens with two attached hydrogens (primary N) is 1. The van der Waals surface area contributed by atoms with E-state index >= 15 is 0 Å². The van der Waals surface area contributed by atoms with Crippen LogP contribution in [0.1, 0.15) is 30.3 Å². The number of amides is 1. The van der Waals surface area contributed by atoms with E-state index in [0.717, 1.165) is 23.7 Å². The molecule has 0 spiro atoms. The number of carbonyl (C=O) groups is 1. The first-order valence-electron chi connectivity index (χ1n) is 6.33. The first kappa shape index (κ1) is 12.6. The van der Waals surface area contributed by atoms with E-state index in [4.69, 9.17) is 5.73 Å². The molecule has 4 N–H and O–H groups in total. The second kappa shape index (κ2) is 5.69. The number of carbonyl (C=O) groups excluding carboxylic acids is 1. The van der Waals surface area contributed by atoms with Crippen LogP contribution in [0.25, 0.3) is 10.9 Å². The Kier molecular flexibility index (Phi) is 3.99. The fourth-order valence-corrected chi connectivity index (χ4v) is 2.06. The molecule has 4 heteroatoms. The van der Waals surface area contributed by atoms with Crippen LogP contribution in [-0.2, 0) is 0 Å². The van der Waals surface area contributed by atoms with Gasteiger partial charge in [-0.3, -0.25) is 4.79 Å². The molecule has 1 aromatic carbocycles. The lowest BCUT2D eigenvalue weighted by Crippen LogP contribution is -2.40. The highest BCUT2D eigenvalue weighted by molar-refractivity contribution is 5.98. The van der Waals surface area contributed by atoms with Crippen LogP contribution in [0.3, 0.4) is 0 Å². The van der Waals surface area contributed by atoms with Crippen LogP contribution in [0.4, 0.5) is 0 Å². The van der Waals surface area contributed by atoms with Gasteiger partial charge in [0.2, 0.25) is 0 Å². The number of aromatic nitrogens is 1. The van der Waals surface area contributed by atoms with Gasteiger partial charge in [0.1, 0.15) is 5.69 Å². The van der Waals surface area contributed by atoms with E-state index in [-0.39, 0.29) is 11.9 Å². The third-order valence-corrected chi connectivity index (χ3v) is 3.03. The van der Waals surface area contributed by atoms with Gasteiger partial charge in [-0.05, 0) is 18.6 Å². The first-order chi connectivity index (χ1) is 8.74. The lowest BCUT2D eigenvalue weighted by molar-refractivity contribution is 0.0932. The monoisotopic (exact) mass is 245 g/mol. The van der Waals surface area contributed by atoms with Crippen molar-refractivity contribution in [3.8, 4) is 0 Å². The van der Waals surface area contributed by atoms with E-state index in [0.29, 0.717) is 12.2 Å². The van der Waals surface area contributed by atoms with Gasteiger partial charge in [0.05, 0.1) is 0 Å². The predicted molar refractivity (Wildman–Crippen MR) is 73.5 cm³/mol. The van der Waals surface area contributed by atoms with E-state index in [1.807, 2.05) is 30.3 Å². The summed E-state index contributed by atoms with van der Waals surface area (Å²) in [6.45, 7) is 2.55. The molecule has 0 fully saturated rings. The van der Waals surface area contributed by atoms with Gasteiger partial charge in [-0.2, -0.15) is 0 Å². The van der Waals surface area contributed by atoms with Crippen molar-refractivity contribution < 1.29 is 4.79 Å². The minimum absolute atomic E-state index is 0.0499. The maximum absolute atomic E-state index is 12.1. The van der Waals surface area contributed by atoms with Gasteiger partial charge >= 0.3 is 0 Å². The molecule has 1 amide bonds. The molecule has 0 bridgehead atoms. The second-order valence-electron chi connectivity index (χ2n) is 4.47. The fraction of sp³-hybridized carbons (Fsp3) is 0.357. The molecule has 0 aliphatic carbocycles. The number of hydrogen-bond donors (Lipinski definition) is 3. The zero-order chi connectivity index (χ0) is 13.0. The lowest BCUT2D eigenvalue weighted by Gasteiger charge is -2.14. The summed E-state index contributed by atoms with van der Waals surface area (Å²) < 4.78 is 0. The molecule has 1 unspecified atom stereocenters. The summed E-state index contributed by atoms with van der Waals surface area (Å²) in [5.74, 6) is -0.0879. The average Bonchev–Trinajstić information content (AvgIpc) is 2.82. The maximum Gasteiger partial charge on any atom is 0.267 e. The number of hydrogen-bond acceptors (Lipinski definition) is 2. The number of nitrogens with one attached hydrogen (secondary N) is 2. The molecule has 0 radical (unpaired) electrons. The summed E-state index contributed by atoms with van der Waals surface area (Å²) in [5, 5.41) is 3.99. The first-order valence-corrected chi connectivity index (χ1v) is 6.33. The summed E-state index contributed by atoms with van der Waals surface area (Å²) >= 11 is 0. The summed E-state index contributed by atoms with van der Waals surface area (Å²) in [6, 6.07) is 9.75. The van der Waals surface area contributed by atoms with Gasteiger partial charge in [0.25, 0.3) is 5.91 Å². The van der Waals surface area contributed by atoms with Gasteiger partial charge in [-0.25, -0.2) is 0 Å². The Hall–Kier alpha value is -1.81. The molecule has 1 aromatic heterocycles. The third-order valence-electron chi connectivity index (χ3n) is 3.03. The van der Waals surface area contributed by atoms with Gasteiger partial charge in [-0.15, -0.1) is 0 Å². The number of H-pyrrole nitrogens is 1. The van der Waals surface area contributed by atoms with E-state index in [2.05, 4.69) is 17.2 Å². The molecule has 2 rings (SSSR count). The molecule has 4 nitrogen and oxygen atoms in total. The van der Waals surface area contributed by atoms with Crippen molar-refractivity contribution in [2.24, 2.45) is 5.73 Å². The SMILES string of the molecule is CCCC(CN)NC(=O)c1cc2ccccc2[nH]1. The van der Waals surface area contributed by atoms with Crippen molar-refractivity contribution in [2.75, 3.05) is 6.54 Å². The van der Waals surface area contributed by atoms with Gasteiger partial charge in [0.15, 0.2) is 0 Å². The molecule has 1 heterocycles. The highest BCUT2D eigenvalue weighted by atomic mass is 16.1. The standard InChI is InChI=1S/C14H19N3O/c1-2-5-11(9-15)16-14(18)13-8-10-6-3-4-7-12(10)17-13/h3-4,6-8,11,17H,2,5,9,15H2,1H3,(H,16,18). The van der Waals surface area contributed by atoms with Crippen LogP contribution in [0.5, 0.6) is 0 Å². The molecule has 0 aliphatic heterocycles. The quantitative estimate of drug-likeness (QED) is 0.754. The molecular formula is C14H19N3O. The highest BCUT2D eigenvalue weighted by Crippen LogP contribution is 2.14. The summed E-state index contributed by atoms with van der Waals surface area (Å²) in [5.41, 5.74) is 7.20. The van der Waals surface area contributed by atoms with Crippen molar-refractivity contribution in [1.29, 1.82) is 0 Å². The molecule has 0 saturated carbocycles. The Labute approximate surface area is 107 Å². The van der Waals surface area contributed by atoms with Crippen LogP contribution in [0.15, 0.2) is 30.3 Å². The molecular weight excluding hydrogens is 226 g/mol. The zero-order valence-corrected chi connectivity index (χ0v) is 10.6. The third kappa shape index (κ3) is 2.71. The molecule has 96 valence electrons. The number of rotatable bonds is 5. The Morgan fingerprint density at radius 1 is 1.44 bits per heavy atom. The van der Waals surface area contributed by atoms with Crippen molar-refractivity contribution in [3.63, 3.8) is 0 Å². The maximum atomic E-state index is 12.1. The Morgan fingerprint density at radius 3 is 2.89 bits per heavy atom. The predicted octanol–water partition coefficient (Wildman–Crippen LogP) is 2.03. The smallest absolute Gasteiger partial charge is 0.267 e. The summed E-state index contributed by atoms with van der Waals surface area (Å²) in [7, 11) is 0. The largest absolute Gasteiger partial charge is 0.351 e. The topological polar surface area (TPSA) is 70.9 Å². The molecule has 2 aromatic rings. The second-order valence-corrected chi connectivity index (χ2v) is 4.47. The molecule has 0 aliphatic rings. The van der Waals surface area contributed by atoms with E-state index in [1.165, 1.54) is 0 Å². The minimum Gasteiger partial charge on any atom is -0.351 e. The van der Waals surface area contributed by atoms with Crippen molar-refractivity contribution >= 4 is 16.8 Å². The van der Waals surface area contributed by atoms with Crippen LogP contribution < -0.4 is 11.1 Å². The molecule has 18 heavy (non-hydrogen) atoms. The van der Waals surface area contributed by atoms with E-state index in [1.54, 1.807) is 0 Å². The summed E-state index contributed by atoms with van der Waals surface area (Å²) in [6.07, 6.45) is 1.91. The van der Waals surface area contributed by atoms with Crippen LogP contribution >= 0.6 is 0 Å². The van der Waals surface area contributed by atoms with Crippen LogP contribution in [0, 0.1) is 0 Å². The highest BCUT2D eigenvalue weighted by Gasteiger charge is 2.13. The fourth-order valence-electron chi connectivity index (χ4n) is 2.06. The van der Waals surface area contributed by atoms with Crippen LogP contribution in [0.2, 0.25) is 0 Å². The average molecular weight is 245 g/mol. The Morgan fingerprint density at radius 2 is 2.22 bits per heavy atom. The van der Waals surface area contributed by atoms with Crippen LogP contribution in [-0.4, -0.2) is 23.5 Å². The number of fused-ring (bicyclic) bond motifs is 1. The van der Waals surface area contributed by atoms with Crippen molar-refractivity contribution in [3.05, 3.63) is 36.0 Å². The van der Waals surface area contributed by atoms with Crippen molar-refractivity contribution in [2.45, 2.75) is 25.8 Å². The Balaban J connectivity index is 2.13. The number of benzene rings is 1.